The van der Waals surface area contributed by atoms with Gasteiger partial charge < -0.3 is 0 Å². The van der Waals surface area contributed by atoms with E-state index in [1.807, 2.05) is 30.3 Å². The van der Waals surface area contributed by atoms with E-state index in [0.717, 1.165) is 10.9 Å². The standard InChI is InChI=1S/C13H11NO/c1-2-4-13(15)11-7-6-10-5-3-8-14-12(10)9-11/h2-3,5-9H,1,4H2. The highest BCUT2D eigenvalue weighted by Gasteiger charge is 2.04. The lowest BCUT2D eigenvalue weighted by molar-refractivity contribution is 0.0996. The monoisotopic (exact) mass is 197 g/mol. The summed E-state index contributed by atoms with van der Waals surface area (Å²) in [6.07, 6.45) is 3.72. The summed E-state index contributed by atoms with van der Waals surface area (Å²) in [5, 5.41) is 1.05. The molecule has 2 aromatic rings. The van der Waals surface area contributed by atoms with Gasteiger partial charge in [-0.1, -0.05) is 24.3 Å². The van der Waals surface area contributed by atoms with Crippen LogP contribution in [0, 0.1) is 0 Å². The van der Waals surface area contributed by atoms with Gasteiger partial charge in [-0.25, -0.2) is 0 Å². The second-order valence-corrected chi connectivity index (χ2v) is 3.33. The zero-order valence-corrected chi connectivity index (χ0v) is 8.31. The fourth-order valence-corrected chi connectivity index (χ4v) is 1.49. The molecule has 2 heteroatoms. The van der Waals surface area contributed by atoms with Crippen molar-refractivity contribution in [2.24, 2.45) is 0 Å². The minimum absolute atomic E-state index is 0.0811. The van der Waals surface area contributed by atoms with Crippen molar-refractivity contribution in [1.82, 2.24) is 4.98 Å². The summed E-state index contributed by atoms with van der Waals surface area (Å²) in [6, 6.07) is 9.42. The van der Waals surface area contributed by atoms with E-state index in [-0.39, 0.29) is 5.78 Å². The number of Topliss-reactive ketones (excluding diaryl/α,β-unsaturated/α-hetero) is 1. The molecule has 1 aromatic carbocycles. The molecular weight excluding hydrogens is 186 g/mol. The Labute approximate surface area is 88.3 Å². The van der Waals surface area contributed by atoms with Gasteiger partial charge >= 0.3 is 0 Å². The number of rotatable bonds is 3. The molecule has 0 saturated heterocycles. The second kappa shape index (κ2) is 4.05. The van der Waals surface area contributed by atoms with Crippen molar-refractivity contribution in [1.29, 1.82) is 0 Å². The zero-order valence-electron chi connectivity index (χ0n) is 8.31. The lowest BCUT2D eigenvalue weighted by Gasteiger charge is -2.00. The molecule has 15 heavy (non-hydrogen) atoms. The van der Waals surface area contributed by atoms with Crippen molar-refractivity contribution in [3.8, 4) is 0 Å². The van der Waals surface area contributed by atoms with E-state index in [2.05, 4.69) is 11.6 Å². The number of allylic oxidation sites excluding steroid dienone is 1. The lowest BCUT2D eigenvalue weighted by atomic mass is 10.1. The van der Waals surface area contributed by atoms with Crippen LogP contribution in [0.4, 0.5) is 0 Å². The SMILES string of the molecule is C=CCC(=O)c1ccc2cccnc2c1. The molecule has 0 amide bonds. The van der Waals surface area contributed by atoms with Crippen LogP contribution in [0.15, 0.2) is 49.2 Å². The molecule has 1 heterocycles. The zero-order chi connectivity index (χ0) is 10.7. The maximum absolute atomic E-state index is 11.6. The Kier molecular flexibility index (Phi) is 2.59. The van der Waals surface area contributed by atoms with E-state index in [0.29, 0.717) is 12.0 Å². The van der Waals surface area contributed by atoms with Crippen LogP contribution in [0.25, 0.3) is 10.9 Å². The minimum atomic E-state index is 0.0811. The Hall–Kier alpha value is -1.96. The summed E-state index contributed by atoms with van der Waals surface area (Å²) in [5.41, 5.74) is 1.55. The number of carbonyl (C=O) groups is 1. The number of aromatic nitrogens is 1. The second-order valence-electron chi connectivity index (χ2n) is 3.33. The van der Waals surface area contributed by atoms with Crippen LogP contribution in [0.2, 0.25) is 0 Å². The van der Waals surface area contributed by atoms with E-state index < -0.39 is 0 Å². The molecule has 0 aliphatic rings. The molecule has 0 aliphatic heterocycles. The van der Waals surface area contributed by atoms with Crippen molar-refractivity contribution < 1.29 is 4.79 Å². The fourth-order valence-electron chi connectivity index (χ4n) is 1.49. The van der Waals surface area contributed by atoms with E-state index in [1.54, 1.807) is 12.3 Å². The van der Waals surface area contributed by atoms with Gasteiger partial charge in [0.05, 0.1) is 5.52 Å². The van der Waals surface area contributed by atoms with Gasteiger partial charge in [0.25, 0.3) is 0 Å². The van der Waals surface area contributed by atoms with Gasteiger partial charge in [0.2, 0.25) is 0 Å². The summed E-state index contributed by atoms with van der Waals surface area (Å²) in [4.78, 5) is 15.8. The summed E-state index contributed by atoms with van der Waals surface area (Å²) >= 11 is 0. The third kappa shape index (κ3) is 1.94. The predicted octanol–water partition coefficient (Wildman–Crippen LogP) is 2.99. The third-order valence-corrected chi connectivity index (χ3v) is 2.26. The lowest BCUT2D eigenvalue weighted by Crippen LogP contribution is -1.96. The number of hydrogen-bond donors (Lipinski definition) is 0. The number of carbonyl (C=O) groups excluding carboxylic acids is 1. The number of hydrogen-bond acceptors (Lipinski definition) is 2. The Morgan fingerprint density at radius 2 is 2.27 bits per heavy atom. The fraction of sp³-hybridized carbons (Fsp3) is 0.0769. The Bertz CT molecular complexity index is 517. The maximum atomic E-state index is 11.6. The Morgan fingerprint density at radius 3 is 3.07 bits per heavy atom. The van der Waals surface area contributed by atoms with Crippen molar-refractivity contribution >= 4 is 16.7 Å². The smallest absolute Gasteiger partial charge is 0.166 e. The minimum Gasteiger partial charge on any atom is -0.294 e. The molecule has 0 atom stereocenters. The molecule has 2 nitrogen and oxygen atoms in total. The van der Waals surface area contributed by atoms with Crippen LogP contribution >= 0.6 is 0 Å². The first-order valence-corrected chi connectivity index (χ1v) is 4.80. The Balaban J connectivity index is 2.46. The Morgan fingerprint density at radius 1 is 1.40 bits per heavy atom. The van der Waals surface area contributed by atoms with Crippen molar-refractivity contribution in [3.05, 3.63) is 54.7 Å². The van der Waals surface area contributed by atoms with Crippen LogP contribution < -0.4 is 0 Å². The van der Waals surface area contributed by atoms with E-state index >= 15 is 0 Å². The summed E-state index contributed by atoms with van der Waals surface area (Å²) < 4.78 is 0. The van der Waals surface area contributed by atoms with Gasteiger partial charge in [-0.2, -0.15) is 0 Å². The van der Waals surface area contributed by atoms with Gasteiger partial charge in [0.1, 0.15) is 0 Å². The van der Waals surface area contributed by atoms with Crippen LogP contribution in [0.1, 0.15) is 16.8 Å². The number of ketones is 1. The van der Waals surface area contributed by atoms with Gasteiger partial charge in [-0.15, -0.1) is 6.58 Å². The molecule has 0 N–H and O–H groups in total. The highest BCUT2D eigenvalue weighted by atomic mass is 16.1. The molecule has 0 spiro atoms. The molecule has 0 saturated carbocycles. The van der Waals surface area contributed by atoms with E-state index in [1.165, 1.54) is 0 Å². The predicted molar refractivity (Wildman–Crippen MR) is 60.9 cm³/mol. The first kappa shape index (κ1) is 9.59. The molecule has 2 rings (SSSR count). The van der Waals surface area contributed by atoms with Gasteiger partial charge in [-0.05, 0) is 12.1 Å². The van der Waals surface area contributed by atoms with Crippen LogP contribution in [-0.2, 0) is 0 Å². The normalized spacial score (nSPS) is 10.1. The number of benzene rings is 1. The average Bonchev–Trinajstić information content (AvgIpc) is 2.29. The molecule has 0 fully saturated rings. The largest absolute Gasteiger partial charge is 0.294 e. The van der Waals surface area contributed by atoms with Crippen molar-refractivity contribution in [2.45, 2.75) is 6.42 Å². The van der Waals surface area contributed by atoms with Crippen molar-refractivity contribution in [2.75, 3.05) is 0 Å². The topological polar surface area (TPSA) is 30.0 Å². The van der Waals surface area contributed by atoms with Crippen molar-refractivity contribution in [3.63, 3.8) is 0 Å². The number of fused-ring (bicyclic) bond motifs is 1. The summed E-state index contributed by atoms with van der Waals surface area (Å²) in [7, 11) is 0. The van der Waals surface area contributed by atoms with Gasteiger partial charge in [-0.3, -0.25) is 9.78 Å². The van der Waals surface area contributed by atoms with E-state index in [9.17, 15) is 4.79 Å². The quantitative estimate of drug-likeness (QED) is 0.559. The molecule has 1 aromatic heterocycles. The molecule has 0 bridgehead atoms. The highest BCUT2D eigenvalue weighted by molar-refractivity contribution is 5.99. The first-order valence-electron chi connectivity index (χ1n) is 4.80. The van der Waals surface area contributed by atoms with Crippen LogP contribution in [0.3, 0.4) is 0 Å². The van der Waals surface area contributed by atoms with Gasteiger partial charge in [0, 0.05) is 23.6 Å². The molecule has 0 unspecified atom stereocenters. The highest BCUT2D eigenvalue weighted by Crippen LogP contribution is 2.14. The molecular formula is C13H11NO. The first-order chi connectivity index (χ1) is 7.31. The summed E-state index contributed by atoms with van der Waals surface area (Å²) in [6.45, 7) is 3.55. The van der Waals surface area contributed by atoms with E-state index in [4.69, 9.17) is 0 Å². The summed E-state index contributed by atoms with van der Waals surface area (Å²) in [5.74, 6) is 0.0811. The third-order valence-electron chi connectivity index (χ3n) is 2.26. The van der Waals surface area contributed by atoms with Gasteiger partial charge in [0.15, 0.2) is 5.78 Å². The maximum Gasteiger partial charge on any atom is 0.166 e. The number of nitrogens with zero attached hydrogens (tertiary/aromatic N) is 1. The molecule has 0 aliphatic carbocycles. The van der Waals surface area contributed by atoms with Crippen LogP contribution in [-0.4, -0.2) is 10.8 Å². The average molecular weight is 197 g/mol. The molecule has 0 radical (unpaired) electrons. The molecule has 74 valence electrons. The number of pyridine rings is 1. The van der Waals surface area contributed by atoms with Crippen LogP contribution in [0.5, 0.6) is 0 Å².